The SMILES string of the molecule is CC1CCCCN1C(=O)N/C=C/C(C)(C)C. The van der Waals surface area contributed by atoms with Crippen LogP contribution in [-0.4, -0.2) is 23.5 Å². The number of hydrogen-bond acceptors (Lipinski definition) is 1. The van der Waals surface area contributed by atoms with Crippen molar-refractivity contribution in [1.82, 2.24) is 10.2 Å². The normalized spacial score (nSPS) is 22.5. The second-order valence-corrected chi connectivity index (χ2v) is 5.69. The van der Waals surface area contributed by atoms with E-state index in [0.717, 1.165) is 19.4 Å². The molecular weight excluding hydrogens is 200 g/mol. The Kier molecular flexibility index (Phi) is 4.39. The summed E-state index contributed by atoms with van der Waals surface area (Å²) in [4.78, 5) is 13.8. The predicted molar refractivity (Wildman–Crippen MR) is 67.1 cm³/mol. The van der Waals surface area contributed by atoms with E-state index in [4.69, 9.17) is 0 Å². The first-order valence-electron chi connectivity index (χ1n) is 6.15. The Bertz CT molecular complexity index is 266. The van der Waals surface area contributed by atoms with Crippen LogP contribution < -0.4 is 5.32 Å². The van der Waals surface area contributed by atoms with Crippen molar-refractivity contribution in [2.24, 2.45) is 5.41 Å². The van der Waals surface area contributed by atoms with Crippen LogP contribution in [0.25, 0.3) is 0 Å². The van der Waals surface area contributed by atoms with Crippen molar-refractivity contribution >= 4 is 6.03 Å². The maximum Gasteiger partial charge on any atom is 0.321 e. The van der Waals surface area contributed by atoms with E-state index in [-0.39, 0.29) is 11.4 Å². The number of allylic oxidation sites excluding steroid dienone is 1. The zero-order valence-electron chi connectivity index (χ0n) is 10.9. The number of carbonyl (C=O) groups is 1. The van der Waals surface area contributed by atoms with Gasteiger partial charge in [-0.25, -0.2) is 4.79 Å². The molecule has 0 spiro atoms. The molecular formula is C13H24N2O. The third-order valence-electron chi connectivity index (χ3n) is 2.85. The highest BCUT2D eigenvalue weighted by Gasteiger charge is 2.22. The van der Waals surface area contributed by atoms with Crippen molar-refractivity contribution < 1.29 is 4.79 Å². The van der Waals surface area contributed by atoms with E-state index in [9.17, 15) is 4.79 Å². The van der Waals surface area contributed by atoms with Gasteiger partial charge >= 0.3 is 6.03 Å². The van der Waals surface area contributed by atoms with Gasteiger partial charge in [0.2, 0.25) is 0 Å². The van der Waals surface area contributed by atoms with Crippen molar-refractivity contribution in [3.63, 3.8) is 0 Å². The van der Waals surface area contributed by atoms with Crippen LogP contribution in [0.5, 0.6) is 0 Å². The van der Waals surface area contributed by atoms with E-state index in [1.165, 1.54) is 6.42 Å². The van der Waals surface area contributed by atoms with Crippen LogP contribution in [0.2, 0.25) is 0 Å². The summed E-state index contributed by atoms with van der Waals surface area (Å²) >= 11 is 0. The smallest absolute Gasteiger partial charge is 0.321 e. The van der Waals surface area contributed by atoms with Crippen LogP contribution in [0.15, 0.2) is 12.3 Å². The molecule has 0 aliphatic carbocycles. The van der Waals surface area contributed by atoms with Gasteiger partial charge in [-0.3, -0.25) is 0 Å². The summed E-state index contributed by atoms with van der Waals surface area (Å²) in [7, 11) is 0. The van der Waals surface area contributed by atoms with E-state index in [2.05, 4.69) is 33.0 Å². The first-order chi connectivity index (χ1) is 7.40. The minimum Gasteiger partial charge on any atom is -0.322 e. The monoisotopic (exact) mass is 224 g/mol. The molecule has 0 saturated carbocycles. The highest BCUT2D eigenvalue weighted by molar-refractivity contribution is 5.75. The lowest BCUT2D eigenvalue weighted by atomic mass is 9.97. The molecule has 0 bridgehead atoms. The van der Waals surface area contributed by atoms with Crippen LogP contribution in [0.3, 0.4) is 0 Å². The summed E-state index contributed by atoms with van der Waals surface area (Å²) in [6.45, 7) is 9.33. The van der Waals surface area contributed by atoms with Crippen LogP contribution in [0, 0.1) is 5.41 Å². The van der Waals surface area contributed by atoms with Crippen molar-refractivity contribution in [1.29, 1.82) is 0 Å². The van der Waals surface area contributed by atoms with E-state index in [0.29, 0.717) is 6.04 Å². The molecule has 0 aromatic rings. The fourth-order valence-electron chi connectivity index (χ4n) is 1.85. The molecule has 1 rings (SSSR count). The van der Waals surface area contributed by atoms with Gasteiger partial charge in [0.1, 0.15) is 0 Å². The molecule has 16 heavy (non-hydrogen) atoms. The minimum absolute atomic E-state index is 0.0349. The first kappa shape index (κ1) is 13.1. The topological polar surface area (TPSA) is 32.3 Å². The average molecular weight is 224 g/mol. The second-order valence-electron chi connectivity index (χ2n) is 5.69. The van der Waals surface area contributed by atoms with Crippen LogP contribution in [0.4, 0.5) is 4.79 Å². The molecule has 92 valence electrons. The van der Waals surface area contributed by atoms with Crippen molar-refractivity contribution in [2.45, 2.75) is 53.0 Å². The van der Waals surface area contributed by atoms with Crippen molar-refractivity contribution in [2.75, 3.05) is 6.54 Å². The van der Waals surface area contributed by atoms with Gasteiger partial charge in [0.15, 0.2) is 0 Å². The van der Waals surface area contributed by atoms with Gasteiger partial charge in [-0.15, -0.1) is 0 Å². The van der Waals surface area contributed by atoms with E-state index in [1.807, 2.05) is 11.0 Å². The summed E-state index contributed by atoms with van der Waals surface area (Å²) in [5, 5.41) is 2.85. The van der Waals surface area contributed by atoms with Crippen LogP contribution in [-0.2, 0) is 0 Å². The van der Waals surface area contributed by atoms with Gasteiger partial charge in [-0.1, -0.05) is 26.8 Å². The van der Waals surface area contributed by atoms with Gasteiger partial charge in [0.05, 0.1) is 0 Å². The number of carbonyl (C=O) groups excluding carboxylic acids is 1. The number of likely N-dealkylation sites (tertiary alicyclic amines) is 1. The predicted octanol–water partition coefficient (Wildman–Crippen LogP) is 3.13. The lowest BCUT2D eigenvalue weighted by Crippen LogP contribution is -2.46. The summed E-state index contributed by atoms with van der Waals surface area (Å²) in [5.74, 6) is 0. The Morgan fingerprint density at radius 2 is 2.06 bits per heavy atom. The Hall–Kier alpha value is -0.990. The fourth-order valence-corrected chi connectivity index (χ4v) is 1.85. The first-order valence-corrected chi connectivity index (χ1v) is 6.15. The number of nitrogens with zero attached hydrogens (tertiary/aromatic N) is 1. The lowest BCUT2D eigenvalue weighted by Gasteiger charge is -2.33. The maximum atomic E-state index is 11.9. The number of amides is 2. The minimum atomic E-state index is 0.0349. The van der Waals surface area contributed by atoms with Crippen LogP contribution in [0.1, 0.15) is 47.0 Å². The van der Waals surface area contributed by atoms with Crippen LogP contribution >= 0.6 is 0 Å². The molecule has 1 N–H and O–H groups in total. The number of rotatable bonds is 1. The van der Waals surface area contributed by atoms with E-state index < -0.39 is 0 Å². The molecule has 0 aromatic heterocycles. The molecule has 0 aromatic carbocycles. The molecule has 1 aliphatic rings. The second kappa shape index (κ2) is 5.37. The zero-order valence-corrected chi connectivity index (χ0v) is 10.9. The van der Waals surface area contributed by atoms with Gasteiger partial charge < -0.3 is 10.2 Å². The Morgan fingerprint density at radius 3 is 2.62 bits per heavy atom. The Labute approximate surface area is 98.9 Å². The summed E-state index contributed by atoms with van der Waals surface area (Å²) in [6, 6.07) is 0.407. The quantitative estimate of drug-likeness (QED) is 0.729. The van der Waals surface area contributed by atoms with E-state index >= 15 is 0 Å². The van der Waals surface area contributed by atoms with Gasteiger partial charge in [-0.05, 0) is 31.6 Å². The summed E-state index contributed by atoms with van der Waals surface area (Å²) in [6.07, 6.45) is 7.27. The molecule has 0 radical (unpaired) electrons. The highest BCUT2D eigenvalue weighted by Crippen LogP contribution is 2.16. The zero-order chi connectivity index (χ0) is 12.2. The molecule has 2 amide bonds. The molecule has 1 unspecified atom stereocenters. The molecule has 1 heterocycles. The Balaban J connectivity index is 2.42. The number of nitrogens with one attached hydrogen (secondary N) is 1. The molecule has 1 aliphatic heterocycles. The summed E-state index contributed by atoms with van der Waals surface area (Å²) in [5.41, 5.74) is 0.112. The van der Waals surface area contributed by atoms with Gasteiger partial charge in [0.25, 0.3) is 0 Å². The third kappa shape index (κ3) is 4.25. The molecule has 1 saturated heterocycles. The Morgan fingerprint density at radius 1 is 1.38 bits per heavy atom. The molecule has 1 atom stereocenters. The van der Waals surface area contributed by atoms with Crippen molar-refractivity contribution in [3.05, 3.63) is 12.3 Å². The highest BCUT2D eigenvalue weighted by atomic mass is 16.2. The third-order valence-corrected chi connectivity index (χ3v) is 2.85. The lowest BCUT2D eigenvalue weighted by molar-refractivity contribution is 0.161. The number of hydrogen-bond donors (Lipinski definition) is 1. The fraction of sp³-hybridized carbons (Fsp3) is 0.769. The van der Waals surface area contributed by atoms with E-state index in [1.54, 1.807) is 6.20 Å². The molecule has 1 fully saturated rings. The molecule has 3 nitrogen and oxygen atoms in total. The summed E-state index contributed by atoms with van der Waals surface area (Å²) < 4.78 is 0. The van der Waals surface area contributed by atoms with Gasteiger partial charge in [-0.2, -0.15) is 0 Å². The molecule has 3 heteroatoms. The number of urea groups is 1. The maximum absolute atomic E-state index is 11.9. The largest absolute Gasteiger partial charge is 0.322 e. The number of piperidine rings is 1. The average Bonchev–Trinajstić information content (AvgIpc) is 2.16. The van der Waals surface area contributed by atoms with Gasteiger partial charge in [0, 0.05) is 18.8 Å². The van der Waals surface area contributed by atoms with Crippen molar-refractivity contribution in [3.8, 4) is 0 Å². The standard InChI is InChI=1S/C13H24N2O/c1-11-7-5-6-10-15(11)12(16)14-9-8-13(2,3)4/h8-9,11H,5-7,10H2,1-4H3,(H,14,16)/b9-8+.